The number of benzene rings is 1. The zero-order chi connectivity index (χ0) is 10.0. The van der Waals surface area contributed by atoms with Crippen molar-refractivity contribution in [2.24, 2.45) is 0 Å². The van der Waals surface area contributed by atoms with E-state index in [0.29, 0.717) is 0 Å². The van der Waals surface area contributed by atoms with E-state index in [1.165, 1.54) is 0 Å². The number of ether oxygens (including phenoxy) is 1. The lowest BCUT2D eigenvalue weighted by atomic mass is 10.0. The molecule has 1 rings (SSSR count). The van der Waals surface area contributed by atoms with E-state index in [9.17, 15) is 4.79 Å². The summed E-state index contributed by atoms with van der Waals surface area (Å²) in [5.74, 6) is 0.764. The monoisotopic (exact) mass is 242 g/mol. The fourth-order valence-electron chi connectivity index (χ4n) is 1.27. The Morgan fingerprint density at radius 2 is 2.08 bits per heavy atom. The molecule has 0 aliphatic carbocycles. The number of rotatable bonds is 2. The SMILES string of the molecule is COc1cc(C)c(C=O)c(C)c1Br. The molecule has 1 aromatic carbocycles. The van der Waals surface area contributed by atoms with E-state index in [1.807, 2.05) is 19.9 Å². The van der Waals surface area contributed by atoms with Crippen molar-refractivity contribution < 1.29 is 9.53 Å². The Labute approximate surface area is 86.0 Å². The molecule has 0 atom stereocenters. The summed E-state index contributed by atoms with van der Waals surface area (Å²) < 4.78 is 5.99. The number of hydrogen-bond acceptors (Lipinski definition) is 2. The Hall–Kier alpha value is -0.830. The molecule has 0 spiro atoms. The summed E-state index contributed by atoms with van der Waals surface area (Å²) in [6, 6.07) is 1.85. The average molecular weight is 243 g/mol. The Kier molecular flexibility index (Phi) is 3.09. The molecule has 0 aromatic heterocycles. The van der Waals surface area contributed by atoms with Gasteiger partial charge in [0.15, 0.2) is 6.29 Å². The summed E-state index contributed by atoms with van der Waals surface area (Å²) in [7, 11) is 1.61. The number of halogens is 1. The molecule has 0 heterocycles. The van der Waals surface area contributed by atoms with E-state index in [-0.39, 0.29) is 0 Å². The molecular weight excluding hydrogens is 232 g/mol. The molecule has 0 aliphatic heterocycles. The van der Waals surface area contributed by atoms with Crippen molar-refractivity contribution in [2.75, 3.05) is 7.11 Å². The standard InChI is InChI=1S/C10H11BrO2/c1-6-4-9(13-3)10(11)7(2)8(6)5-12/h4-5H,1-3H3. The third-order valence-corrected chi connectivity index (χ3v) is 3.05. The summed E-state index contributed by atoms with van der Waals surface area (Å²) in [6.07, 6.45) is 0.870. The summed E-state index contributed by atoms with van der Waals surface area (Å²) in [6.45, 7) is 3.79. The number of carbonyl (C=O) groups is 1. The van der Waals surface area contributed by atoms with Crippen LogP contribution in [0.2, 0.25) is 0 Å². The second-order valence-corrected chi connectivity index (χ2v) is 3.66. The van der Waals surface area contributed by atoms with Gasteiger partial charge in [-0.3, -0.25) is 4.79 Å². The lowest BCUT2D eigenvalue weighted by molar-refractivity contribution is 0.112. The summed E-state index contributed by atoms with van der Waals surface area (Å²) in [5.41, 5.74) is 2.59. The normalized spacial score (nSPS) is 9.85. The maximum absolute atomic E-state index is 10.7. The van der Waals surface area contributed by atoms with Gasteiger partial charge in [0.05, 0.1) is 11.6 Å². The van der Waals surface area contributed by atoms with Crippen LogP contribution in [0.3, 0.4) is 0 Å². The topological polar surface area (TPSA) is 26.3 Å². The first-order valence-electron chi connectivity index (χ1n) is 3.90. The first-order chi connectivity index (χ1) is 6.11. The van der Waals surface area contributed by atoms with Gasteiger partial charge >= 0.3 is 0 Å². The molecule has 0 saturated carbocycles. The first kappa shape index (κ1) is 10.3. The molecule has 0 unspecified atom stereocenters. The van der Waals surface area contributed by atoms with Crippen molar-refractivity contribution in [1.82, 2.24) is 0 Å². The van der Waals surface area contributed by atoms with E-state index in [4.69, 9.17) is 4.74 Å². The highest BCUT2D eigenvalue weighted by molar-refractivity contribution is 9.10. The molecule has 0 bridgehead atoms. The van der Waals surface area contributed by atoms with Crippen molar-refractivity contribution in [1.29, 1.82) is 0 Å². The highest BCUT2D eigenvalue weighted by Crippen LogP contribution is 2.31. The van der Waals surface area contributed by atoms with E-state index in [1.54, 1.807) is 7.11 Å². The van der Waals surface area contributed by atoms with Gasteiger partial charge in [0.1, 0.15) is 5.75 Å². The van der Waals surface area contributed by atoms with Gasteiger partial charge in [-0.1, -0.05) is 0 Å². The smallest absolute Gasteiger partial charge is 0.150 e. The Balaban J connectivity index is 3.45. The molecule has 2 nitrogen and oxygen atoms in total. The van der Waals surface area contributed by atoms with Gasteiger partial charge in [-0.25, -0.2) is 0 Å². The fourth-order valence-corrected chi connectivity index (χ4v) is 1.76. The van der Waals surface area contributed by atoms with E-state index in [0.717, 1.165) is 33.2 Å². The number of methoxy groups -OCH3 is 1. The maximum atomic E-state index is 10.7. The second-order valence-electron chi connectivity index (χ2n) is 2.87. The fraction of sp³-hybridized carbons (Fsp3) is 0.300. The quantitative estimate of drug-likeness (QED) is 0.746. The summed E-state index contributed by atoms with van der Waals surface area (Å²) in [4.78, 5) is 10.7. The predicted molar refractivity (Wildman–Crippen MR) is 55.6 cm³/mol. The van der Waals surface area contributed by atoms with Crippen molar-refractivity contribution in [3.05, 3.63) is 27.2 Å². The van der Waals surface area contributed by atoms with Crippen LogP contribution in [0, 0.1) is 13.8 Å². The third kappa shape index (κ3) is 1.75. The molecule has 3 heteroatoms. The number of hydrogen-bond donors (Lipinski definition) is 0. The highest BCUT2D eigenvalue weighted by Gasteiger charge is 2.10. The molecule has 70 valence electrons. The van der Waals surface area contributed by atoms with Crippen molar-refractivity contribution in [3.63, 3.8) is 0 Å². The number of aryl methyl sites for hydroxylation is 1. The van der Waals surface area contributed by atoms with Gasteiger partial charge in [0, 0.05) is 5.56 Å². The van der Waals surface area contributed by atoms with Crippen molar-refractivity contribution in [2.45, 2.75) is 13.8 Å². The van der Waals surface area contributed by atoms with Crippen LogP contribution in [0.4, 0.5) is 0 Å². The van der Waals surface area contributed by atoms with E-state index >= 15 is 0 Å². The average Bonchev–Trinajstić information content (AvgIpc) is 2.12. The molecular formula is C10H11BrO2. The Morgan fingerprint density at radius 3 is 2.54 bits per heavy atom. The van der Waals surface area contributed by atoms with Gasteiger partial charge in [-0.05, 0) is 47.0 Å². The maximum Gasteiger partial charge on any atom is 0.150 e. The van der Waals surface area contributed by atoms with Crippen LogP contribution in [0.25, 0.3) is 0 Å². The molecule has 0 aliphatic rings. The van der Waals surface area contributed by atoms with Crippen LogP contribution in [0.15, 0.2) is 10.5 Å². The molecule has 0 amide bonds. The molecule has 0 fully saturated rings. The molecule has 0 N–H and O–H groups in total. The van der Waals surface area contributed by atoms with Gasteiger partial charge in [0.2, 0.25) is 0 Å². The minimum atomic E-state index is 0.729. The van der Waals surface area contributed by atoms with E-state index < -0.39 is 0 Å². The van der Waals surface area contributed by atoms with Gasteiger partial charge in [-0.2, -0.15) is 0 Å². The molecule has 1 aromatic rings. The summed E-state index contributed by atoms with van der Waals surface area (Å²) >= 11 is 3.38. The second kappa shape index (κ2) is 3.92. The lowest BCUT2D eigenvalue weighted by Gasteiger charge is -2.10. The van der Waals surface area contributed by atoms with Crippen LogP contribution < -0.4 is 4.74 Å². The van der Waals surface area contributed by atoms with Crippen molar-refractivity contribution >= 4 is 22.2 Å². The van der Waals surface area contributed by atoms with Gasteiger partial charge < -0.3 is 4.74 Å². The Bertz CT molecular complexity index is 345. The first-order valence-corrected chi connectivity index (χ1v) is 4.70. The predicted octanol–water partition coefficient (Wildman–Crippen LogP) is 2.89. The van der Waals surface area contributed by atoms with Crippen LogP contribution in [-0.4, -0.2) is 13.4 Å². The summed E-state index contributed by atoms with van der Waals surface area (Å²) in [5, 5.41) is 0. The number of carbonyl (C=O) groups excluding carboxylic acids is 1. The van der Waals surface area contributed by atoms with Gasteiger partial charge in [-0.15, -0.1) is 0 Å². The molecule has 0 radical (unpaired) electrons. The third-order valence-electron chi connectivity index (χ3n) is 2.06. The molecule has 0 saturated heterocycles. The number of aldehydes is 1. The van der Waals surface area contributed by atoms with E-state index in [2.05, 4.69) is 15.9 Å². The minimum Gasteiger partial charge on any atom is -0.496 e. The lowest BCUT2D eigenvalue weighted by Crippen LogP contribution is -1.96. The highest BCUT2D eigenvalue weighted by atomic mass is 79.9. The van der Waals surface area contributed by atoms with Crippen LogP contribution in [-0.2, 0) is 0 Å². The van der Waals surface area contributed by atoms with Gasteiger partial charge in [0.25, 0.3) is 0 Å². The van der Waals surface area contributed by atoms with Crippen LogP contribution in [0.1, 0.15) is 21.5 Å². The minimum absolute atomic E-state index is 0.729. The largest absolute Gasteiger partial charge is 0.496 e. The van der Waals surface area contributed by atoms with Crippen LogP contribution in [0.5, 0.6) is 5.75 Å². The zero-order valence-electron chi connectivity index (χ0n) is 7.85. The zero-order valence-corrected chi connectivity index (χ0v) is 9.44. The Morgan fingerprint density at radius 1 is 1.46 bits per heavy atom. The van der Waals surface area contributed by atoms with Crippen molar-refractivity contribution in [3.8, 4) is 5.75 Å². The molecule has 13 heavy (non-hydrogen) atoms. The van der Waals surface area contributed by atoms with Crippen LogP contribution >= 0.6 is 15.9 Å².